The second-order valence-corrected chi connectivity index (χ2v) is 4.76. The number of benzene rings is 2. The van der Waals surface area contributed by atoms with Gasteiger partial charge in [-0.2, -0.15) is 0 Å². The van der Waals surface area contributed by atoms with E-state index in [1.54, 1.807) is 18.2 Å². The summed E-state index contributed by atoms with van der Waals surface area (Å²) in [6.45, 7) is 0. The van der Waals surface area contributed by atoms with Gasteiger partial charge in [0.15, 0.2) is 11.5 Å². The van der Waals surface area contributed by atoms with Crippen LogP contribution in [0.5, 0.6) is 0 Å². The van der Waals surface area contributed by atoms with Crippen LogP contribution >= 0.6 is 11.6 Å². The first-order chi connectivity index (χ1) is 9.61. The highest BCUT2D eigenvalue weighted by atomic mass is 35.5. The SMILES string of the molecule is O=[N+]([O-])c1ccc2oc(Cc3ccc(Cl)cc3)nc2c1. The van der Waals surface area contributed by atoms with Crippen LogP contribution in [0.3, 0.4) is 0 Å². The van der Waals surface area contributed by atoms with Crippen molar-refractivity contribution in [3.05, 3.63) is 69.1 Å². The van der Waals surface area contributed by atoms with Gasteiger partial charge in [0.1, 0.15) is 5.52 Å². The maximum Gasteiger partial charge on any atom is 0.271 e. The lowest BCUT2D eigenvalue weighted by Gasteiger charge is -1.96. The molecule has 0 saturated carbocycles. The number of aromatic nitrogens is 1. The Labute approximate surface area is 119 Å². The van der Waals surface area contributed by atoms with Crippen LogP contribution in [0.2, 0.25) is 5.02 Å². The molecule has 0 aliphatic carbocycles. The van der Waals surface area contributed by atoms with Gasteiger partial charge in [0, 0.05) is 23.6 Å². The lowest BCUT2D eigenvalue weighted by atomic mass is 10.1. The molecule has 3 rings (SSSR count). The zero-order valence-electron chi connectivity index (χ0n) is 10.2. The Kier molecular flexibility index (Phi) is 3.12. The normalized spacial score (nSPS) is 10.8. The van der Waals surface area contributed by atoms with Gasteiger partial charge >= 0.3 is 0 Å². The number of hydrogen-bond acceptors (Lipinski definition) is 4. The molecule has 0 saturated heterocycles. The smallest absolute Gasteiger partial charge is 0.271 e. The predicted octanol–water partition coefficient (Wildman–Crippen LogP) is 3.98. The Bertz CT molecular complexity index is 781. The van der Waals surface area contributed by atoms with Crippen LogP contribution < -0.4 is 0 Å². The molecular weight excluding hydrogens is 280 g/mol. The summed E-state index contributed by atoms with van der Waals surface area (Å²) < 4.78 is 5.57. The van der Waals surface area contributed by atoms with Crippen molar-refractivity contribution < 1.29 is 9.34 Å². The summed E-state index contributed by atoms with van der Waals surface area (Å²) in [5.41, 5.74) is 2.04. The number of nitrogens with zero attached hydrogens (tertiary/aromatic N) is 2. The van der Waals surface area contributed by atoms with Crippen molar-refractivity contribution in [1.82, 2.24) is 4.98 Å². The molecule has 0 radical (unpaired) electrons. The maximum atomic E-state index is 10.7. The third-order valence-corrected chi connectivity index (χ3v) is 3.15. The zero-order valence-corrected chi connectivity index (χ0v) is 11.0. The van der Waals surface area contributed by atoms with Gasteiger partial charge in [-0.3, -0.25) is 10.1 Å². The average molecular weight is 289 g/mol. The molecule has 1 heterocycles. The lowest BCUT2D eigenvalue weighted by molar-refractivity contribution is -0.384. The second kappa shape index (κ2) is 4.94. The first-order valence-electron chi connectivity index (χ1n) is 5.90. The second-order valence-electron chi connectivity index (χ2n) is 4.32. The number of oxazole rings is 1. The standard InChI is InChI=1S/C14H9ClN2O3/c15-10-3-1-9(2-4-10)7-14-16-12-8-11(17(18)19)5-6-13(12)20-14/h1-6,8H,7H2. The van der Waals surface area contributed by atoms with Gasteiger partial charge in [-0.15, -0.1) is 0 Å². The molecule has 0 atom stereocenters. The first-order valence-corrected chi connectivity index (χ1v) is 6.28. The molecule has 0 unspecified atom stereocenters. The van der Waals surface area contributed by atoms with Crippen LogP contribution in [0.1, 0.15) is 11.5 Å². The molecule has 6 heteroatoms. The lowest BCUT2D eigenvalue weighted by Crippen LogP contribution is -1.88. The van der Waals surface area contributed by atoms with Crippen LogP contribution in [0.4, 0.5) is 5.69 Å². The van der Waals surface area contributed by atoms with Crippen LogP contribution in [0, 0.1) is 10.1 Å². The number of nitro groups is 1. The first kappa shape index (κ1) is 12.6. The summed E-state index contributed by atoms with van der Waals surface area (Å²) in [5, 5.41) is 11.4. The van der Waals surface area contributed by atoms with Crippen LogP contribution in [-0.2, 0) is 6.42 Å². The summed E-state index contributed by atoms with van der Waals surface area (Å²) in [6.07, 6.45) is 0.514. The molecule has 0 amide bonds. The van der Waals surface area contributed by atoms with Gasteiger partial charge in [0.05, 0.1) is 4.92 Å². The average Bonchev–Trinajstić information content (AvgIpc) is 2.82. The van der Waals surface area contributed by atoms with E-state index in [4.69, 9.17) is 16.0 Å². The summed E-state index contributed by atoms with van der Waals surface area (Å²) in [6, 6.07) is 11.7. The molecule has 100 valence electrons. The Morgan fingerprint density at radius 1 is 1.20 bits per heavy atom. The number of fused-ring (bicyclic) bond motifs is 1. The fourth-order valence-corrected chi connectivity index (χ4v) is 2.06. The molecule has 1 aromatic heterocycles. The Morgan fingerprint density at radius 2 is 1.95 bits per heavy atom. The summed E-state index contributed by atoms with van der Waals surface area (Å²) in [4.78, 5) is 14.5. The molecule has 0 N–H and O–H groups in total. The highest BCUT2D eigenvalue weighted by molar-refractivity contribution is 6.30. The van der Waals surface area contributed by atoms with E-state index in [-0.39, 0.29) is 5.69 Å². The van der Waals surface area contributed by atoms with Crippen molar-refractivity contribution in [2.45, 2.75) is 6.42 Å². The monoisotopic (exact) mass is 288 g/mol. The van der Waals surface area contributed by atoms with Gasteiger partial charge in [-0.25, -0.2) is 4.98 Å². The molecule has 20 heavy (non-hydrogen) atoms. The van der Waals surface area contributed by atoms with E-state index in [1.807, 2.05) is 12.1 Å². The van der Waals surface area contributed by atoms with E-state index in [0.717, 1.165) is 5.56 Å². The van der Waals surface area contributed by atoms with Crippen molar-refractivity contribution >= 4 is 28.4 Å². The van der Waals surface area contributed by atoms with E-state index in [9.17, 15) is 10.1 Å². The summed E-state index contributed by atoms with van der Waals surface area (Å²) in [5.74, 6) is 0.517. The van der Waals surface area contributed by atoms with Gasteiger partial charge in [0.2, 0.25) is 0 Å². The summed E-state index contributed by atoms with van der Waals surface area (Å²) in [7, 11) is 0. The number of nitro benzene ring substituents is 1. The van der Waals surface area contributed by atoms with Crippen molar-refractivity contribution in [3.8, 4) is 0 Å². The van der Waals surface area contributed by atoms with Crippen LogP contribution in [-0.4, -0.2) is 9.91 Å². The molecule has 0 aliphatic heterocycles. The fourth-order valence-electron chi connectivity index (χ4n) is 1.93. The molecule has 5 nitrogen and oxygen atoms in total. The molecule has 3 aromatic rings. The number of non-ortho nitro benzene ring substituents is 1. The van der Waals surface area contributed by atoms with E-state index in [1.165, 1.54) is 12.1 Å². The summed E-state index contributed by atoms with van der Waals surface area (Å²) >= 11 is 5.82. The Morgan fingerprint density at radius 3 is 2.65 bits per heavy atom. The third-order valence-electron chi connectivity index (χ3n) is 2.89. The van der Waals surface area contributed by atoms with Gasteiger partial charge in [0.25, 0.3) is 5.69 Å². The minimum atomic E-state index is -0.451. The maximum absolute atomic E-state index is 10.7. The molecule has 2 aromatic carbocycles. The molecule has 0 fully saturated rings. The number of rotatable bonds is 3. The van der Waals surface area contributed by atoms with E-state index in [2.05, 4.69) is 4.98 Å². The Balaban J connectivity index is 1.92. The van der Waals surface area contributed by atoms with E-state index in [0.29, 0.717) is 28.4 Å². The molecule has 0 spiro atoms. The van der Waals surface area contributed by atoms with Gasteiger partial charge in [-0.05, 0) is 23.8 Å². The number of hydrogen-bond donors (Lipinski definition) is 0. The quantitative estimate of drug-likeness (QED) is 0.540. The van der Waals surface area contributed by atoms with E-state index < -0.39 is 4.92 Å². The largest absolute Gasteiger partial charge is 0.440 e. The Hall–Kier alpha value is -2.40. The minimum Gasteiger partial charge on any atom is -0.440 e. The van der Waals surface area contributed by atoms with Crippen LogP contribution in [0.15, 0.2) is 46.9 Å². The molecule has 0 bridgehead atoms. The van der Waals surface area contributed by atoms with Crippen molar-refractivity contribution in [1.29, 1.82) is 0 Å². The fraction of sp³-hybridized carbons (Fsp3) is 0.0714. The topological polar surface area (TPSA) is 69.2 Å². The minimum absolute atomic E-state index is 0.00356. The van der Waals surface area contributed by atoms with Gasteiger partial charge < -0.3 is 4.42 Å². The van der Waals surface area contributed by atoms with Gasteiger partial charge in [-0.1, -0.05) is 23.7 Å². The third kappa shape index (κ3) is 2.48. The predicted molar refractivity (Wildman–Crippen MR) is 74.9 cm³/mol. The highest BCUT2D eigenvalue weighted by Crippen LogP contribution is 2.22. The van der Waals surface area contributed by atoms with E-state index >= 15 is 0 Å². The van der Waals surface area contributed by atoms with Crippen molar-refractivity contribution in [2.75, 3.05) is 0 Å². The number of halogens is 1. The van der Waals surface area contributed by atoms with Crippen LogP contribution in [0.25, 0.3) is 11.1 Å². The molecular formula is C14H9ClN2O3. The zero-order chi connectivity index (χ0) is 14.1. The molecule has 0 aliphatic rings. The highest BCUT2D eigenvalue weighted by Gasteiger charge is 2.11. The van der Waals surface area contributed by atoms with Crippen molar-refractivity contribution in [3.63, 3.8) is 0 Å². The van der Waals surface area contributed by atoms with Crippen molar-refractivity contribution in [2.24, 2.45) is 0 Å².